The van der Waals surface area contributed by atoms with Gasteiger partial charge in [0, 0.05) is 6.42 Å². The Morgan fingerprint density at radius 1 is 0.913 bits per heavy atom. The fraction of sp³-hybridized carbons (Fsp3) is 0.571. The summed E-state index contributed by atoms with van der Waals surface area (Å²) in [7, 11) is 0. The molecule has 0 unspecified atom stereocenters. The molecule has 2 heteroatoms. The highest BCUT2D eigenvalue weighted by Crippen LogP contribution is 2.09. The van der Waals surface area contributed by atoms with Crippen LogP contribution in [0.3, 0.4) is 0 Å². The predicted octanol–water partition coefficient (Wildman–Crippen LogP) is 6.21. The molecule has 1 rings (SSSR count). The van der Waals surface area contributed by atoms with Gasteiger partial charge in [-0.1, -0.05) is 81.5 Å². The van der Waals surface area contributed by atoms with Crippen LogP contribution in [-0.4, -0.2) is 5.97 Å². The molecule has 0 aliphatic rings. The van der Waals surface area contributed by atoms with E-state index in [1.54, 1.807) is 0 Å². The Morgan fingerprint density at radius 2 is 1.57 bits per heavy atom. The van der Waals surface area contributed by atoms with Crippen LogP contribution in [0, 0.1) is 0 Å². The lowest BCUT2D eigenvalue weighted by Gasteiger charge is -2.05. The molecule has 128 valence electrons. The number of rotatable bonds is 13. The summed E-state index contributed by atoms with van der Waals surface area (Å²) in [4.78, 5) is 11.6. The van der Waals surface area contributed by atoms with Crippen molar-refractivity contribution in [3.8, 4) is 0 Å². The van der Waals surface area contributed by atoms with Crippen molar-refractivity contribution in [3.05, 3.63) is 48.0 Å². The van der Waals surface area contributed by atoms with Crippen molar-refractivity contribution in [2.75, 3.05) is 0 Å². The van der Waals surface area contributed by atoms with Crippen LogP contribution in [-0.2, 0) is 16.1 Å². The van der Waals surface area contributed by atoms with Crippen LogP contribution in [0.2, 0.25) is 0 Å². The minimum absolute atomic E-state index is 0.0762. The molecular weight excluding hydrogens is 284 g/mol. The van der Waals surface area contributed by atoms with Crippen LogP contribution in [0.1, 0.15) is 76.7 Å². The van der Waals surface area contributed by atoms with E-state index >= 15 is 0 Å². The van der Waals surface area contributed by atoms with Gasteiger partial charge in [-0.15, -0.1) is 0 Å². The maximum absolute atomic E-state index is 11.6. The highest BCUT2D eigenvalue weighted by molar-refractivity contribution is 5.69. The summed E-state index contributed by atoms with van der Waals surface area (Å²) >= 11 is 0. The number of hydrogen-bond acceptors (Lipinski definition) is 2. The molecule has 0 saturated heterocycles. The zero-order chi connectivity index (χ0) is 16.6. The molecule has 0 amide bonds. The summed E-state index contributed by atoms with van der Waals surface area (Å²) in [6, 6.07) is 9.84. The number of unbranched alkanes of at least 4 members (excludes halogenated alkanes) is 7. The first kappa shape index (κ1) is 19.5. The maximum atomic E-state index is 11.6. The van der Waals surface area contributed by atoms with Crippen LogP contribution in [0.25, 0.3) is 0 Å². The van der Waals surface area contributed by atoms with E-state index in [1.165, 1.54) is 44.9 Å². The van der Waals surface area contributed by atoms with Gasteiger partial charge in [-0.3, -0.25) is 4.79 Å². The van der Waals surface area contributed by atoms with Gasteiger partial charge in [0.25, 0.3) is 0 Å². The van der Waals surface area contributed by atoms with E-state index in [1.807, 2.05) is 30.3 Å². The molecule has 0 aliphatic carbocycles. The second-order valence-electron chi connectivity index (χ2n) is 6.07. The Balaban J connectivity index is 1.88. The third kappa shape index (κ3) is 11.6. The molecule has 0 N–H and O–H groups in total. The van der Waals surface area contributed by atoms with Crippen LogP contribution in [0.5, 0.6) is 0 Å². The van der Waals surface area contributed by atoms with E-state index < -0.39 is 0 Å². The maximum Gasteiger partial charge on any atom is 0.306 e. The summed E-state index contributed by atoms with van der Waals surface area (Å²) in [6.45, 7) is 2.62. The zero-order valence-electron chi connectivity index (χ0n) is 14.6. The second-order valence-corrected chi connectivity index (χ2v) is 6.07. The van der Waals surface area contributed by atoms with E-state index in [0.29, 0.717) is 13.0 Å². The number of ether oxygens (including phenoxy) is 1. The van der Waals surface area contributed by atoms with Crippen LogP contribution >= 0.6 is 0 Å². The molecule has 0 spiro atoms. The van der Waals surface area contributed by atoms with E-state index in [4.69, 9.17) is 4.74 Å². The topological polar surface area (TPSA) is 26.3 Å². The van der Waals surface area contributed by atoms with Gasteiger partial charge in [0.15, 0.2) is 0 Å². The average molecular weight is 316 g/mol. The third-order valence-corrected chi connectivity index (χ3v) is 3.89. The first-order valence-electron chi connectivity index (χ1n) is 9.17. The first-order chi connectivity index (χ1) is 11.3. The fourth-order valence-electron chi connectivity index (χ4n) is 2.43. The molecule has 0 fully saturated rings. The monoisotopic (exact) mass is 316 g/mol. The molecule has 1 aromatic rings. The number of esters is 1. The van der Waals surface area contributed by atoms with Crippen molar-refractivity contribution >= 4 is 5.97 Å². The van der Waals surface area contributed by atoms with Gasteiger partial charge in [-0.2, -0.15) is 0 Å². The Kier molecular flexibility index (Phi) is 11.9. The normalized spacial score (nSPS) is 11.0. The first-order valence-corrected chi connectivity index (χ1v) is 9.17. The SMILES string of the molecule is CCCC/C=C\CCCCCCCC(=O)OCc1ccccc1. The molecule has 23 heavy (non-hydrogen) atoms. The van der Waals surface area contributed by atoms with Gasteiger partial charge in [0.1, 0.15) is 6.61 Å². The minimum Gasteiger partial charge on any atom is -0.461 e. The van der Waals surface area contributed by atoms with E-state index in [0.717, 1.165) is 18.4 Å². The standard InChI is InChI=1S/C21H32O2/c1-2-3-4-5-6-7-8-9-10-11-15-18-21(22)23-19-20-16-13-12-14-17-20/h5-6,12-14,16-17H,2-4,7-11,15,18-19H2,1H3/b6-5-. The summed E-state index contributed by atoms with van der Waals surface area (Å²) in [6.07, 6.45) is 16.0. The predicted molar refractivity (Wildman–Crippen MR) is 97.2 cm³/mol. The number of carbonyl (C=O) groups excluding carboxylic acids is 1. The Bertz CT molecular complexity index is 423. The van der Waals surface area contributed by atoms with Crippen molar-refractivity contribution in [3.63, 3.8) is 0 Å². The summed E-state index contributed by atoms with van der Waals surface area (Å²) in [5, 5.41) is 0. The van der Waals surface area contributed by atoms with E-state index in [9.17, 15) is 4.79 Å². The summed E-state index contributed by atoms with van der Waals surface area (Å²) < 4.78 is 5.27. The molecule has 0 heterocycles. The number of hydrogen-bond donors (Lipinski definition) is 0. The quantitative estimate of drug-likeness (QED) is 0.246. The van der Waals surface area contributed by atoms with E-state index in [-0.39, 0.29) is 5.97 Å². The van der Waals surface area contributed by atoms with Crippen LogP contribution in [0.4, 0.5) is 0 Å². The van der Waals surface area contributed by atoms with Gasteiger partial charge < -0.3 is 4.74 Å². The molecular formula is C21H32O2. The molecule has 0 aliphatic heterocycles. The highest BCUT2D eigenvalue weighted by Gasteiger charge is 2.02. The molecule has 0 saturated carbocycles. The lowest BCUT2D eigenvalue weighted by molar-refractivity contribution is -0.145. The van der Waals surface area contributed by atoms with Gasteiger partial charge in [0.2, 0.25) is 0 Å². The molecule has 0 radical (unpaired) electrons. The second kappa shape index (κ2) is 14.0. The minimum atomic E-state index is -0.0762. The lowest BCUT2D eigenvalue weighted by atomic mass is 10.1. The van der Waals surface area contributed by atoms with Gasteiger partial charge in [-0.05, 0) is 31.2 Å². The third-order valence-electron chi connectivity index (χ3n) is 3.89. The highest BCUT2D eigenvalue weighted by atomic mass is 16.5. The molecule has 0 aromatic heterocycles. The lowest BCUT2D eigenvalue weighted by Crippen LogP contribution is -2.04. The molecule has 2 nitrogen and oxygen atoms in total. The van der Waals surface area contributed by atoms with Crippen LogP contribution < -0.4 is 0 Å². The van der Waals surface area contributed by atoms with Gasteiger partial charge in [-0.25, -0.2) is 0 Å². The average Bonchev–Trinajstić information content (AvgIpc) is 2.59. The summed E-state index contributed by atoms with van der Waals surface area (Å²) in [5.41, 5.74) is 1.05. The molecule has 0 bridgehead atoms. The number of allylic oxidation sites excluding steroid dienone is 2. The fourth-order valence-corrected chi connectivity index (χ4v) is 2.43. The smallest absolute Gasteiger partial charge is 0.306 e. The number of benzene rings is 1. The Morgan fingerprint density at radius 3 is 2.30 bits per heavy atom. The van der Waals surface area contributed by atoms with Crippen molar-refractivity contribution in [1.29, 1.82) is 0 Å². The van der Waals surface area contributed by atoms with Crippen molar-refractivity contribution in [1.82, 2.24) is 0 Å². The molecule has 1 aromatic carbocycles. The Hall–Kier alpha value is -1.57. The van der Waals surface area contributed by atoms with Crippen LogP contribution in [0.15, 0.2) is 42.5 Å². The number of carbonyl (C=O) groups is 1. The van der Waals surface area contributed by atoms with Gasteiger partial charge >= 0.3 is 5.97 Å². The molecule has 0 atom stereocenters. The Labute approximate surface area is 141 Å². The van der Waals surface area contributed by atoms with Gasteiger partial charge in [0.05, 0.1) is 0 Å². The van der Waals surface area contributed by atoms with Crippen molar-refractivity contribution in [2.24, 2.45) is 0 Å². The largest absolute Gasteiger partial charge is 0.461 e. The van der Waals surface area contributed by atoms with Crippen molar-refractivity contribution < 1.29 is 9.53 Å². The van der Waals surface area contributed by atoms with E-state index in [2.05, 4.69) is 19.1 Å². The van der Waals surface area contributed by atoms with Crippen molar-refractivity contribution in [2.45, 2.75) is 77.7 Å². The zero-order valence-corrected chi connectivity index (χ0v) is 14.6. The summed E-state index contributed by atoms with van der Waals surface area (Å²) in [5.74, 6) is -0.0762.